The Morgan fingerprint density at radius 3 is 2.42 bits per heavy atom. The van der Waals surface area contributed by atoms with Crippen molar-refractivity contribution in [3.05, 3.63) is 52.8 Å². The molecule has 0 aliphatic rings. The molecule has 0 unspecified atom stereocenters. The van der Waals surface area contributed by atoms with Gasteiger partial charge in [0.05, 0.1) is 18.7 Å². The number of nitrogens with zero attached hydrogens (tertiary/aromatic N) is 2. The van der Waals surface area contributed by atoms with Gasteiger partial charge in [0.2, 0.25) is 5.91 Å². The highest BCUT2D eigenvalue weighted by Gasteiger charge is 2.04. The molecule has 5 heteroatoms. The molecule has 19 heavy (non-hydrogen) atoms. The van der Waals surface area contributed by atoms with Crippen molar-refractivity contribution in [3.63, 3.8) is 0 Å². The van der Waals surface area contributed by atoms with Gasteiger partial charge in [-0.1, -0.05) is 24.3 Å². The van der Waals surface area contributed by atoms with Gasteiger partial charge in [-0.2, -0.15) is 5.10 Å². The van der Waals surface area contributed by atoms with Crippen LogP contribution in [0.1, 0.15) is 22.5 Å². The minimum absolute atomic E-state index is 0.189. The van der Waals surface area contributed by atoms with Crippen molar-refractivity contribution in [2.24, 2.45) is 5.84 Å². The number of carbonyl (C=O) groups is 1. The largest absolute Gasteiger partial charge is 0.294 e. The Morgan fingerprint density at radius 2 is 1.89 bits per heavy atom. The molecular formula is C14H18N4O. The molecule has 1 amide bonds. The second-order valence-corrected chi connectivity index (χ2v) is 4.65. The normalized spacial score (nSPS) is 10.5. The van der Waals surface area contributed by atoms with Gasteiger partial charge in [0.25, 0.3) is 0 Å². The number of nitrogens with two attached hydrogens (primary N) is 1. The number of nitrogens with one attached hydrogen (secondary N) is 1. The Hall–Kier alpha value is -2.14. The molecule has 0 saturated carbocycles. The molecule has 1 heterocycles. The van der Waals surface area contributed by atoms with E-state index in [4.69, 9.17) is 5.84 Å². The van der Waals surface area contributed by atoms with Gasteiger partial charge in [-0.15, -0.1) is 0 Å². The molecular weight excluding hydrogens is 240 g/mol. The van der Waals surface area contributed by atoms with E-state index in [2.05, 4.69) is 16.6 Å². The standard InChI is InChI=1S/C14H18N4O/c1-10-7-11(2)18(17-10)9-13-5-3-12(4-6-13)8-14(19)16-15/h3-7H,8-9,15H2,1-2H3,(H,16,19). The predicted molar refractivity (Wildman–Crippen MR) is 73.3 cm³/mol. The third-order valence-corrected chi connectivity index (χ3v) is 2.98. The van der Waals surface area contributed by atoms with E-state index in [0.717, 1.165) is 29.1 Å². The number of amides is 1. The van der Waals surface area contributed by atoms with Crippen molar-refractivity contribution < 1.29 is 4.79 Å². The summed E-state index contributed by atoms with van der Waals surface area (Å²) in [7, 11) is 0. The lowest BCUT2D eigenvalue weighted by atomic mass is 10.1. The molecule has 0 atom stereocenters. The first-order valence-electron chi connectivity index (χ1n) is 6.17. The fraction of sp³-hybridized carbons (Fsp3) is 0.286. The molecule has 0 radical (unpaired) electrons. The lowest BCUT2D eigenvalue weighted by molar-refractivity contribution is -0.120. The maximum Gasteiger partial charge on any atom is 0.238 e. The second kappa shape index (κ2) is 5.67. The van der Waals surface area contributed by atoms with E-state index in [1.165, 1.54) is 0 Å². The number of aromatic nitrogens is 2. The van der Waals surface area contributed by atoms with Crippen LogP contribution >= 0.6 is 0 Å². The first-order valence-corrected chi connectivity index (χ1v) is 6.17. The summed E-state index contributed by atoms with van der Waals surface area (Å²) >= 11 is 0. The SMILES string of the molecule is Cc1cc(C)n(Cc2ccc(CC(=O)NN)cc2)n1. The highest BCUT2D eigenvalue weighted by atomic mass is 16.2. The zero-order valence-corrected chi connectivity index (χ0v) is 11.2. The van der Waals surface area contributed by atoms with Crippen molar-refractivity contribution in [1.29, 1.82) is 0 Å². The van der Waals surface area contributed by atoms with Crippen LogP contribution < -0.4 is 11.3 Å². The van der Waals surface area contributed by atoms with Crippen molar-refractivity contribution in [3.8, 4) is 0 Å². The van der Waals surface area contributed by atoms with Crippen LogP contribution in [0.15, 0.2) is 30.3 Å². The monoisotopic (exact) mass is 258 g/mol. The number of hydrogen-bond acceptors (Lipinski definition) is 3. The van der Waals surface area contributed by atoms with Crippen LogP contribution in [0.2, 0.25) is 0 Å². The summed E-state index contributed by atoms with van der Waals surface area (Å²) in [6.07, 6.45) is 0.302. The minimum Gasteiger partial charge on any atom is -0.294 e. The summed E-state index contributed by atoms with van der Waals surface area (Å²) < 4.78 is 1.97. The van der Waals surface area contributed by atoms with E-state index in [-0.39, 0.29) is 5.91 Å². The van der Waals surface area contributed by atoms with Crippen molar-refractivity contribution in [2.75, 3.05) is 0 Å². The van der Waals surface area contributed by atoms with Crippen LogP contribution in [0.5, 0.6) is 0 Å². The highest BCUT2D eigenvalue weighted by molar-refractivity contribution is 5.77. The molecule has 0 bridgehead atoms. The Bertz CT molecular complexity index is 572. The molecule has 100 valence electrons. The molecule has 0 aliphatic carbocycles. The number of rotatable bonds is 4. The Labute approximate surface area is 112 Å². The lowest BCUT2D eigenvalue weighted by Gasteiger charge is -2.06. The third-order valence-electron chi connectivity index (χ3n) is 2.98. The van der Waals surface area contributed by atoms with E-state index >= 15 is 0 Å². The minimum atomic E-state index is -0.189. The first kappa shape index (κ1) is 13.3. The number of carbonyl (C=O) groups excluding carboxylic acids is 1. The molecule has 1 aromatic carbocycles. The van der Waals surface area contributed by atoms with Crippen LogP contribution in [0.3, 0.4) is 0 Å². The lowest BCUT2D eigenvalue weighted by Crippen LogP contribution is -2.31. The van der Waals surface area contributed by atoms with E-state index in [0.29, 0.717) is 6.42 Å². The molecule has 1 aromatic heterocycles. The van der Waals surface area contributed by atoms with Crippen LogP contribution in [-0.4, -0.2) is 15.7 Å². The van der Waals surface area contributed by atoms with Crippen LogP contribution in [-0.2, 0) is 17.8 Å². The molecule has 3 N–H and O–H groups in total. The summed E-state index contributed by atoms with van der Waals surface area (Å²) in [5.74, 6) is 4.87. The van der Waals surface area contributed by atoms with Gasteiger partial charge >= 0.3 is 0 Å². The van der Waals surface area contributed by atoms with E-state index in [1.807, 2.05) is 42.8 Å². The summed E-state index contributed by atoms with van der Waals surface area (Å²) in [5.41, 5.74) is 6.39. The molecule has 5 nitrogen and oxygen atoms in total. The van der Waals surface area contributed by atoms with E-state index in [1.54, 1.807) is 0 Å². The summed E-state index contributed by atoms with van der Waals surface area (Å²) in [6, 6.07) is 9.96. The van der Waals surface area contributed by atoms with Crippen molar-refractivity contribution in [1.82, 2.24) is 15.2 Å². The van der Waals surface area contributed by atoms with Gasteiger partial charge < -0.3 is 0 Å². The maximum atomic E-state index is 11.2. The topological polar surface area (TPSA) is 72.9 Å². The quantitative estimate of drug-likeness (QED) is 0.489. The highest BCUT2D eigenvalue weighted by Crippen LogP contribution is 2.09. The van der Waals surface area contributed by atoms with Gasteiger partial charge in [-0.05, 0) is 31.0 Å². The predicted octanol–water partition coefficient (Wildman–Crippen LogP) is 1.08. The summed E-state index contributed by atoms with van der Waals surface area (Å²) in [4.78, 5) is 11.2. The summed E-state index contributed by atoms with van der Waals surface area (Å²) in [6.45, 7) is 4.76. The molecule has 0 fully saturated rings. The van der Waals surface area contributed by atoms with Crippen LogP contribution in [0, 0.1) is 13.8 Å². The number of aryl methyl sites for hydroxylation is 2. The van der Waals surface area contributed by atoms with E-state index < -0.39 is 0 Å². The van der Waals surface area contributed by atoms with E-state index in [9.17, 15) is 4.79 Å². The Morgan fingerprint density at radius 1 is 1.26 bits per heavy atom. The Kier molecular flexibility index (Phi) is 3.97. The van der Waals surface area contributed by atoms with Gasteiger partial charge in [0.1, 0.15) is 0 Å². The fourth-order valence-corrected chi connectivity index (χ4v) is 2.01. The van der Waals surface area contributed by atoms with Gasteiger partial charge in [-0.25, -0.2) is 5.84 Å². The zero-order valence-electron chi connectivity index (χ0n) is 11.2. The van der Waals surface area contributed by atoms with Crippen LogP contribution in [0.4, 0.5) is 0 Å². The Balaban J connectivity index is 2.06. The zero-order chi connectivity index (χ0) is 13.8. The molecule has 0 spiro atoms. The van der Waals surface area contributed by atoms with Crippen LogP contribution in [0.25, 0.3) is 0 Å². The third kappa shape index (κ3) is 3.42. The second-order valence-electron chi connectivity index (χ2n) is 4.65. The maximum absolute atomic E-state index is 11.2. The van der Waals surface area contributed by atoms with Gasteiger partial charge in [-0.3, -0.25) is 14.9 Å². The smallest absolute Gasteiger partial charge is 0.238 e. The average molecular weight is 258 g/mol. The number of benzene rings is 1. The molecule has 0 aliphatic heterocycles. The van der Waals surface area contributed by atoms with Gasteiger partial charge in [0.15, 0.2) is 0 Å². The molecule has 2 rings (SSSR count). The van der Waals surface area contributed by atoms with Crippen molar-refractivity contribution in [2.45, 2.75) is 26.8 Å². The number of hydrogen-bond donors (Lipinski definition) is 2. The van der Waals surface area contributed by atoms with Crippen molar-refractivity contribution >= 4 is 5.91 Å². The average Bonchev–Trinajstić information content (AvgIpc) is 2.70. The van der Waals surface area contributed by atoms with Gasteiger partial charge in [0, 0.05) is 5.69 Å². The molecule has 2 aromatic rings. The number of hydrazine groups is 1. The fourth-order valence-electron chi connectivity index (χ4n) is 2.01. The summed E-state index contributed by atoms with van der Waals surface area (Å²) in [5, 5.41) is 4.43. The molecule has 0 saturated heterocycles. The first-order chi connectivity index (χ1) is 9.08.